The zero-order valence-electron chi connectivity index (χ0n) is 12.1. The van der Waals surface area contributed by atoms with Crippen LogP contribution in [0.4, 0.5) is 0 Å². The van der Waals surface area contributed by atoms with Crippen molar-refractivity contribution in [2.75, 3.05) is 7.05 Å². The predicted octanol–water partition coefficient (Wildman–Crippen LogP) is 3.09. The molecule has 1 heterocycles. The molecule has 1 aromatic heterocycles. The van der Waals surface area contributed by atoms with Crippen LogP contribution in [0.2, 0.25) is 0 Å². The summed E-state index contributed by atoms with van der Waals surface area (Å²) < 4.78 is 5.55. The second-order valence-corrected chi connectivity index (χ2v) is 5.52. The minimum Gasteiger partial charge on any atom is -0.508 e. The van der Waals surface area contributed by atoms with Crippen LogP contribution in [0.25, 0.3) is 0 Å². The van der Waals surface area contributed by atoms with Gasteiger partial charge in [0.15, 0.2) is 5.89 Å². The lowest BCUT2D eigenvalue weighted by molar-refractivity contribution is 0.0708. The van der Waals surface area contributed by atoms with Gasteiger partial charge in [0.2, 0.25) is 5.76 Å². The van der Waals surface area contributed by atoms with E-state index in [-0.39, 0.29) is 23.5 Å². The summed E-state index contributed by atoms with van der Waals surface area (Å²) >= 11 is 0. The fourth-order valence-corrected chi connectivity index (χ4v) is 2.26. The number of benzene rings is 1. The minimum absolute atomic E-state index is 0.168. The number of aromatic hydroxyl groups is 1. The van der Waals surface area contributed by atoms with E-state index in [2.05, 4.69) is 4.98 Å². The van der Waals surface area contributed by atoms with Gasteiger partial charge < -0.3 is 14.4 Å². The monoisotopic (exact) mass is 286 g/mol. The van der Waals surface area contributed by atoms with E-state index in [1.54, 1.807) is 30.1 Å². The molecule has 0 spiro atoms. The lowest BCUT2D eigenvalue weighted by Gasteiger charge is -2.24. The molecule has 1 unspecified atom stereocenters. The molecule has 2 aromatic rings. The van der Waals surface area contributed by atoms with Gasteiger partial charge in [0.25, 0.3) is 5.91 Å². The van der Waals surface area contributed by atoms with E-state index in [1.807, 2.05) is 13.0 Å². The van der Waals surface area contributed by atoms with Crippen LogP contribution in [-0.2, 0) is 0 Å². The molecule has 1 N–H and O–H groups in total. The quantitative estimate of drug-likeness (QED) is 0.938. The highest BCUT2D eigenvalue weighted by molar-refractivity contribution is 5.91. The number of carbonyl (C=O) groups excluding carboxylic acids is 1. The van der Waals surface area contributed by atoms with Crippen LogP contribution in [0.1, 0.15) is 53.7 Å². The number of phenolic OH excluding ortho intramolecular Hbond substituents is 1. The van der Waals surface area contributed by atoms with Crippen LogP contribution in [-0.4, -0.2) is 27.9 Å². The third-order valence-corrected chi connectivity index (χ3v) is 3.91. The zero-order valence-corrected chi connectivity index (χ0v) is 12.1. The van der Waals surface area contributed by atoms with Crippen LogP contribution < -0.4 is 0 Å². The molecule has 5 nitrogen and oxygen atoms in total. The lowest BCUT2D eigenvalue weighted by Crippen LogP contribution is -2.29. The summed E-state index contributed by atoms with van der Waals surface area (Å²) in [6.45, 7) is 1.91. The summed E-state index contributed by atoms with van der Waals surface area (Å²) in [5.41, 5.74) is 0.868. The number of phenols is 1. The number of nitrogens with zero attached hydrogens (tertiary/aromatic N) is 2. The van der Waals surface area contributed by atoms with Gasteiger partial charge in [-0.2, -0.15) is 0 Å². The van der Waals surface area contributed by atoms with Crippen LogP contribution in [0, 0.1) is 0 Å². The molecule has 1 fully saturated rings. The highest BCUT2D eigenvalue weighted by Crippen LogP contribution is 2.39. The van der Waals surface area contributed by atoms with Crippen molar-refractivity contribution in [3.8, 4) is 5.75 Å². The molecule has 1 amide bonds. The molecular formula is C16H18N2O3. The van der Waals surface area contributed by atoms with Gasteiger partial charge in [-0.05, 0) is 37.5 Å². The second-order valence-electron chi connectivity index (χ2n) is 5.52. The second kappa shape index (κ2) is 5.24. The summed E-state index contributed by atoms with van der Waals surface area (Å²) in [6.07, 6.45) is 3.68. The number of oxazole rings is 1. The lowest BCUT2D eigenvalue weighted by atomic mass is 10.1. The Morgan fingerprint density at radius 1 is 1.48 bits per heavy atom. The molecule has 1 aromatic carbocycles. The average Bonchev–Trinajstić information content (AvgIpc) is 3.22. The molecule has 1 saturated carbocycles. The van der Waals surface area contributed by atoms with Crippen molar-refractivity contribution in [2.45, 2.75) is 31.7 Å². The smallest absolute Gasteiger partial charge is 0.291 e. The third kappa shape index (κ3) is 2.77. The molecule has 5 heteroatoms. The van der Waals surface area contributed by atoms with Crippen molar-refractivity contribution >= 4 is 5.91 Å². The Labute approximate surface area is 123 Å². The van der Waals surface area contributed by atoms with Crippen LogP contribution >= 0.6 is 0 Å². The third-order valence-electron chi connectivity index (χ3n) is 3.91. The van der Waals surface area contributed by atoms with Crippen molar-refractivity contribution < 1.29 is 14.3 Å². The topological polar surface area (TPSA) is 66.6 Å². The normalized spacial score (nSPS) is 15.7. The maximum Gasteiger partial charge on any atom is 0.291 e. The molecule has 110 valence electrons. The molecule has 0 aliphatic heterocycles. The van der Waals surface area contributed by atoms with Gasteiger partial charge in [0.1, 0.15) is 5.75 Å². The van der Waals surface area contributed by atoms with Crippen molar-refractivity contribution in [3.05, 3.63) is 47.7 Å². The fraction of sp³-hybridized carbons (Fsp3) is 0.375. The SMILES string of the molecule is CC(c1cccc(O)c1)N(C)C(=O)c1cnc(C2CC2)o1. The molecule has 1 atom stereocenters. The Morgan fingerprint density at radius 2 is 2.24 bits per heavy atom. The standard InChI is InChI=1S/C16H18N2O3/c1-10(12-4-3-5-13(19)8-12)18(2)16(20)14-9-17-15(21-14)11-6-7-11/h3-5,8-11,19H,6-7H2,1-2H3. The Balaban J connectivity index is 1.76. The predicted molar refractivity (Wildman–Crippen MR) is 77.1 cm³/mol. The maximum atomic E-state index is 12.4. The van der Waals surface area contributed by atoms with E-state index in [4.69, 9.17) is 4.42 Å². The first-order valence-corrected chi connectivity index (χ1v) is 7.08. The van der Waals surface area contributed by atoms with Gasteiger partial charge in [0, 0.05) is 13.0 Å². The summed E-state index contributed by atoms with van der Waals surface area (Å²) in [7, 11) is 1.72. The van der Waals surface area contributed by atoms with Crippen molar-refractivity contribution in [2.24, 2.45) is 0 Å². The zero-order chi connectivity index (χ0) is 15.0. The number of hydrogen-bond acceptors (Lipinski definition) is 4. The van der Waals surface area contributed by atoms with Crippen LogP contribution in [0.5, 0.6) is 5.75 Å². The van der Waals surface area contributed by atoms with Gasteiger partial charge in [-0.1, -0.05) is 12.1 Å². The summed E-state index contributed by atoms with van der Waals surface area (Å²) in [6, 6.07) is 6.74. The largest absolute Gasteiger partial charge is 0.508 e. The molecule has 21 heavy (non-hydrogen) atoms. The first kappa shape index (κ1) is 13.7. The average molecular weight is 286 g/mol. The van der Waals surface area contributed by atoms with E-state index >= 15 is 0 Å². The van der Waals surface area contributed by atoms with Crippen LogP contribution in [0.15, 0.2) is 34.9 Å². The number of aromatic nitrogens is 1. The van der Waals surface area contributed by atoms with E-state index in [0.717, 1.165) is 18.4 Å². The van der Waals surface area contributed by atoms with Gasteiger partial charge >= 0.3 is 0 Å². The molecule has 1 aliphatic carbocycles. The molecule has 3 rings (SSSR count). The summed E-state index contributed by atoms with van der Waals surface area (Å²) in [5, 5.41) is 9.54. The fourth-order valence-electron chi connectivity index (χ4n) is 2.26. The van der Waals surface area contributed by atoms with Gasteiger partial charge in [-0.25, -0.2) is 4.98 Å². The van der Waals surface area contributed by atoms with Gasteiger partial charge in [-0.15, -0.1) is 0 Å². The van der Waals surface area contributed by atoms with E-state index in [1.165, 1.54) is 6.20 Å². The summed E-state index contributed by atoms with van der Waals surface area (Å²) in [5.74, 6) is 1.31. The Hall–Kier alpha value is -2.30. The molecule has 0 saturated heterocycles. The number of amides is 1. The number of hydrogen-bond donors (Lipinski definition) is 1. The van der Waals surface area contributed by atoms with E-state index < -0.39 is 0 Å². The molecule has 0 radical (unpaired) electrons. The molecule has 1 aliphatic rings. The highest BCUT2D eigenvalue weighted by Gasteiger charge is 2.30. The van der Waals surface area contributed by atoms with Crippen LogP contribution in [0.3, 0.4) is 0 Å². The Bertz CT molecular complexity index is 661. The van der Waals surface area contributed by atoms with Crippen molar-refractivity contribution in [1.82, 2.24) is 9.88 Å². The maximum absolute atomic E-state index is 12.4. The summed E-state index contributed by atoms with van der Waals surface area (Å²) in [4.78, 5) is 18.2. The first-order valence-electron chi connectivity index (χ1n) is 7.08. The van der Waals surface area contributed by atoms with Gasteiger partial charge in [-0.3, -0.25) is 4.79 Å². The Morgan fingerprint density at radius 3 is 2.90 bits per heavy atom. The molecular weight excluding hydrogens is 268 g/mol. The highest BCUT2D eigenvalue weighted by atomic mass is 16.4. The van der Waals surface area contributed by atoms with Crippen molar-refractivity contribution in [3.63, 3.8) is 0 Å². The van der Waals surface area contributed by atoms with Gasteiger partial charge in [0.05, 0.1) is 12.2 Å². The number of rotatable bonds is 4. The van der Waals surface area contributed by atoms with E-state index in [9.17, 15) is 9.90 Å². The van der Waals surface area contributed by atoms with Crippen molar-refractivity contribution in [1.29, 1.82) is 0 Å². The molecule has 0 bridgehead atoms. The number of carbonyl (C=O) groups is 1. The first-order chi connectivity index (χ1) is 10.1. The minimum atomic E-state index is -0.203. The van der Waals surface area contributed by atoms with E-state index in [0.29, 0.717) is 11.8 Å². The Kier molecular flexibility index (Phi) is 3.41.